The largest absolute Gasteiger partial charge is 0.319 e. The first kappa shape index (κ1) is 12.6. The molecule has 0 unspecified atom stereocenters. The van der Waals surface area contributed by atoms with E-state index in [9.17, 15) is 0 Å². The van der Waals surface area contributed by atoms with Crippen LogP contribution >= 0.6 is 0 Å². The molecular weight excluding hydrogens is 206 g/mol. The topological polar surface area (TPSA) is 12.0 Å². The molecule has 0 aromatic heterocycles. The van der Waals surface area contributed by atoms with E-state index in [4.69, 9.17) is 0 Å². The van der Waals surface area contributed by atoms with Crippen molar-refractivity contribution in [2.45, 2.75) is 44.9 Å². The Morgan fingerprint density at radius 2 is 1.71 bits per heavy atom. The second-order valence-electron chi connectivity index (χ2n) is 5.55. The van der Waals surface area contributed by atoms with Gasteiger partial charge in [-0.15, -0.1) is 0 Å². The first-order valence-electron chi connectivity index (χ1n) is 7.03. The number of likely N-dealkylation sites (N-methyl/N-ethyl adjacent to an activating group) is 1. The van der Waals surface area contributed by atoms with Crippen molar-refractivity contribution in [2.24, 2.45) is 5.92 Å². The van der Waals surface area contributed by atoms with E-state index in [-0.39, 0.29) is 0 Å². The Balaban J connectivity index is 1.93. The number of benzene rings is 1. The van der Waals surface area contributed by atoms with Crippen LogP contribution in [0.1, 0.15) is 49.7 Å². The summed E-state index contributed by atoms with van der Waals surface area (Å²) in [5.74, 6) is 1.77. The van der Waals surface area contributed by atoms with Crippen LogP contribution in [0.5, 0.6) is 0 Å². The molecule has 1 aromatic carbocycles. The van der Waals surface area contributed by atoms with Gasteiger partial charge < -0.3 is 5.32 Å². The van der Waals surface area contributed by atoms with Crippen LogP contribution in [0.15, 0.2) is 24.3 Å². The fourth-order valence-electron chi connectivity index (χ4n) is 2.82. The highest BCUT2D eigenvalue weighted by Crippen LogP contribution is 2.35. The minimum Gasteiger partial charge on any atom is -0.319 e. The number of rotatable bonds is 4. The van der Waals surface area contributed by atoms with Gasteiger partial charge in [-0.05, 0) is 55.8 Å². The van der Waals surface area contributed by atoms with E-state index in [0.29, 0.717) is 0 Å². The molecule has 17 heavy (non-hydrogen) atoms. The first-order chi connectivity index (χ1) is 8.29. The van der Waals surface area contributed by atoms with Crippen molar-refractivity contribution >= 4 is 0 Å². The Kier molecular flexibility index (Phi) is 4.61. The zero-order chi connectivity index (χ0) is 12.1. The van der Waals surface area contributed by atoms with E-state index in [1.807, 2.05) is 7.05 Å². The molecule has 1 saturated carbocycles. The minimum absolute atomic E-state index is 0.824. The van der Waals surface area contributed by atoms with E-state index in [1.54, 1.807) is 5.56 Å². The fourth-order valence-corrected chi connectivity index (χ4v) is 2.82. The molecule has 0 spiro atoms. The van der Waals surface area contributed by atoms with Crippen molar-refractivity contribution in [1.82, 2.24) is 5.32 Å². The molecule has 1 fully saturated rings. The normalized spacial score (nSPS) is 24.8. The molecule has 0 radical (unpaired) electrons. The van der Waals surface area contributed by atoms with Crippen molar-refractivity contribution in [3.8, 4) is 0 Å². The summed E-state index contributed by atoms with van der Waals surface area (Å²) in [5.41, 5.74) is 3.01. The highest BCUT2D eigenvalue weighted by Gasteiger charge is 2.19. The lowest BCUT2D eigenvalue weighted by Crippen LogP contribution is -2.11. The molecule has 1 N–H and O–H groups in total. The summed E-state index contributed by atoms with van der Waals surface area (Å²) >= 11 is 0. The molecular formula is C16H25N. The molecule has 1 nitrogen and oxygen atoms in total. The maximum atomic E-state index is 3.20. The van der Waals surface area contributed by atoms with Gasteiger partial charge in [0.25, 0.3) is 0 Å². The highest BCUT2D eigenvalue weighted by molar-refractivity contribution is 5.26. The van der Waals surface area contributed by atoms with Gasteiger partial charge in [0.2, 0.25) is 0 Å². The summed E-state index contributed by atoms with van der Waals surface area (Å²) in [4.78, 5) is 0. The van der Waals surface area contributed by atoms with Gasteiger partial charge >= 0.3 is 0 Å². The van der Waals surface area contributed by atoms with Crippen LogP contribution in [-0.2, 0) is 6.42 Å². The predicted molar refractivity (Wildman–Crippen MR) is 74.4 cm³/mol. The van der Waals surface area contributed by atoms with Crippen molar-refractivity contribution in [3.05, 3.63) is 35.4 Å². The van der Waals surface area contributed by atoms with Crippen LogP contribution in [0.25, 0.3) is 0 Å². The van der Waals surface area contributed by atoms with Crippen molar-refractivity contribution in [1.29, 1.82) is 0 Å². The summed E-state index contributed by atoms with van der Waals surface area (Å²) in [6.07, 6.45) is 6.73. The monoisotopic (exact) mass is 231 g/mol. The molecule has 0 atom stereocenters. The third kappa shape index (κ3) is 3.57. The highest BCUT2D eigenvalue weighted by atomic mass is 14.8. The molecule has 0 heterocycles. The minimum atomic E-state index is 0.824. The predicted octanol–water partition coefficient (Wildman–Crippen LogP) is 3.74. The zero-order valence-electron chi connectivity index (χ0n) is 11.2. The lowest BCUT2D eigenvalue weighted by atomic mass is 9.79. The molecule has 0 saturated heterocycles. The third-order valence-electron chi connectivity index (χ3n) is 4.13. The average molecular weight is 231 g/mol. The van der Waals surface area contributed by atoms with Crippen molar-refractivity contribution in [3.63, 3.8) is 0 Å². The van der Waals surface area contributed by atoms with Crippen molar-refractivity contribution in [2.75, 3.05) is 13.6 Å². The lowest BCUT2D eigenvalue weighted by Gasteiger charge is -2.26. The third-order valence-corrected chi connectivity index (χ3v) is 4.13. The van der Waals surface area contributed by atoms with Gasteiger partial charge in [-0.1, -0.05) is 44.0 Å². The molecule has 1 aliphatic carbocycles. The quantitative estimate of drug-likeness (QED) is 0.832. The van der Waals surface area contributed by atoms with Gasteiger partial charge in [0, 0.05) is 0 Å². The summed E-state index contributed by atoms with van der Waals surface area (Å²) in [5, 5.41) is 3.20. The van der Waals surface area contributed by atoms with E-state index in [2.05, 4.69) is 36.5 Å². The molecule has 0 aliphatic heterocycles. The van der Waals surface area contributed by atoms with Gasteiger partial charge in [-0.25, -0.2) is 0 Å². The summed E-state index contributed by atoms with van der Waals surface area (Å²) in [6, 6.07) is 9.33. The molecule has 1 aromatic rings. The van der Waals surface area contributed by atoms with E-state index in [0.717, 1.165) is 24.8 Å². The Bertz CT molecular complexity index is 320. The summed E-state index contributed by atoms with van der Waals surface area (Å²) < 4.78 is 0. The number of nitrogens with one attached hydrogen (secondary N) is 1. The summed E-state index contributed by atoms with van der Waals surface area (Å²) in [6.45, 7) is 3.46. The number of hydrogen-bond acceptors (Lipinski definition) is 1. The zero-order valence-corrected chi connectivity index (χ0v) is 11.2. The van der Waals surface area contributed by atoms with Gasteiger partial charge in [-0.3, -0.25) is 0 Å². The first-order valence-corrected chi connectivity index (χ1v) is 7.03. The maximum Gasteiger partial charge on any atom is -0.00114 e. The number of hydrogen-bond donors (Lipinski definition) is 1. The standard InChI is InChI=1S/C16H25N/c1-13-3-7-15(8-4-13)16-9-5-14(6-10-16)11-12-17-2/h5-6,9-10,13,15,17H,3-4,7-8,11-12H2,1-2H3. The SMILES string of the molecule is CNCCc1ccc(C2CCC(C)CC2)cc1. The fraction of sp³-hybridized carbons (Fsp3) is 0.625. The Hall–Kier alpha value is -0.820. The Labute approximate surface area is 106 Å². The molecule has 1 aliphatic rings. The Morgan fingerprint density at radius 1 is 1.06 bits per heavy atom. The molecule has 94 valence electrons. The van der Waals surface area contributed by atoms with Gasteiger partial charge in [0.15, 0.2) is 0 Å². The molecule has 1 heteroatoms. The lowest BCUT2D eigenvalue weighted by molar-refractivity contribution is 0.348. The average Bonchev–Trinajstić information content (AvgIpc) is 2.38. The maximum absolute atomic E-state index is 3.20. The van der Waals surface area contributed by atoms with Crippen LogP contribution in [0.4, 0.5) is 0 Å². The van der Waals surface area contributed by atoms with Crippen LogP contribution in [0, 0.1) is 5.92 Å². The van der Waals surface area contributed by atoms with Crippen molar-refractivity contribution < 1.29 is 0 Å². The second-order valence-corrected chi connectivity index (χ2v) is 5.55. The van der Waals surface area contributed by atoms with Crippen LogP contribution in [0.2, 0.25) is 0 Å². The summed E-state index contributed by atoms with van der Waals surface area (Å²) in [7, 11) is 2.01. The van der Waals surface area contributed by atoms with E-state index >= 15 is 0 Å². The second kappa shape index (κ2) is 6.20. The van der Waals surface area contributed by atoms with E-state index < -0.39 is 0 Å². The van der Waals surface area contributed by atoms with Crippen LogP contribution in [0.3, 0.4) is 0 Å². The van der Waals surface area contributed by atoms with Crippen LogP contribution < -0.4 is 5.32 Å². The van der Waals surface area contributed by atoms with Crippen LogP contribution in [-0.4, -0.2) is 13.6 Å². The molecule has 2 rings (SSSR count). The van der Waals surface area contributed by atoms with Gasteiger partial charge in [0.1, 0.15) is 0 Å². The van der Waals surface area contributed by atoms with Gasteiger partial charge in [0.05, 0.1) is 0 Å². The van der Waals surface area contributed by atoms with Gasteiger partial charge in [-0.2, -0.15) is 0 Å². The van der Waals surface area contributed by atoms with E-state index in [1.165, 1.54) is 31.2 Å². The molecule has 0 bridgehead atoms. The molecule has 0 amide bonds. The Morgan fingerprint density at radius 3 is 2.29 bits per heavy atom. The smallest absolute Gasteiger partial charge is 0.00114 e.